The van der Waals surface area contributed by atoms with Gasteiger partial charge in [0.1, 0.15) is 11.7 Å². The average molecular weight is 482 g/mol. The van der Waals surface area contributed by atoms with Gasteiger partial charge in [0.2, 0.25) is 0 Å². The molecule has 7 rings (SSSR count). The molecule has 4 aliphatic carbocycles. The van der Waals surface area contributed by atoms with Crippen LogP contribution in [0.4, 0.5) is 0 Å². The van der Waals surface area contributed by atoms with Crippen LogP contribution in [0.15, 0.2) is 12.1 Å². The summed E-state index contributed by atoms with van der Waals surface area (Å²) in [6.07, 6.45) is 8.26. The molecule has 1 aromatic rings. The van der Waals surface area contributed by atoms with Gasteiger partial charge in [-0.05, 0) is 98.6 Å². The van der Waals surface area contributed by atoms with E-state index in [-0.39, 0.29) is 27.9 Å². The number of phenolic OH excluding ortho intramolecular Hbond substituents is 1. The van der Waals surface area contributed by atoms with Gasteiger partial charge in [-0.2, -0.15) is 0 Å². The van der Waals surface area contributed by atoms with Gasteiger partial charge in [-0.3, -0.25) is 0 Å². The fourth-order valence-electron chi connectivity index (χ4n) is 9.04. The van der Waals surface area contributed by atoms with E-state index in [1.807, 2.05) is 13.2 Å². The third kappa shape index (κ3) is 3.17. The number of rotatable bonds is 4. The molecule has 7 atom stereocenters. The summed E-state index contributed by atoms with van der Waals surface area (Å²) in [6.45, 7) is 16.9. The van der Waals surface area contributed by atoms with Crippen molar-refractivity contribution < 1.29 is 14.6 Å². The molecule has 0 saturated heterocycles. The van der Waals surface area contributed by atoms with Gasteiger partial charge in [0.15, 0.2) is 11.5 Å². The van der Waals surface area contributed by atoms with E-state index in [0.717, 1.165) is 37.5 Å². The molecule has 0 radical (unpaired) electrons. The van der Waals surface area contributed by atoms with Crippen LogP contribution in [0.1, 0.15) is 91.2 Å². The van der Waals surface area contributed by atoms with Crippen molar-refractivity contribution in [1.82, 2.24) is 4.90 Å². The van der Waals surface area contributed by atoms with Crippen LogP contribution in [0.3, 0.4) is 0 Å². The lowest BCUT2D eigenvalue weighted by Crippen LogP contribution is -2.75. The summed E-state index contributed by atoms with van der Waals surface area (Å²) in [5.41, 5.74) is 2.63. The Labute approximate surface area is 212 Å². The van der Waals surface area contributed by atoms with Gasteiger partial charge in [0.25, 0.3) is 0 Å². The minimum Gasteiger partial charge on any atom is -0.504 e. The van der Waals surface area contributed by atoms with Gasteiger partial charge in [0.05, 0.1) is 0 Å². The highest BCUT2D eigenvalue weighted by Gasteiger charge is 2.76. The third-order valence-corrected chi connectivity index (χ3v) is 11.7. The van der Waals surface area contributed by atoms with E-state index in [1.54, 1.807) is 0 Å². The molecule has 1 aromatic carbocycles. The standard InChI is InChI=1S/C31H47NO3/c1-19-16-22-10-11-24(33)26-25(22)30(14-15-32(19)18-21-8-9-21)27(35-26)31(34-7)13-12-29(30,6)17-23(31)20(2)28(3,4)5/h10-11,19-21,23,27,33H,8-9,12-18H2,1-7H3/t19?,20?,23?,27?,29?,30?,31-/m1/s1. The van der Waals surface area contributed by atoms with Crippen molar-refractivity contribution in [3.05, 3.63) is 23.3 Å². The van der Waals surface area contributed by atoms with Gasteiger partial charge in [-0.25, -0.2) is 0 Å². The molecule has 4 heteroatoms. The second-order valence-electron chi connectivity index (χ2n) is 14.3. The molecular weight excluding hydrogens is 434 g/mol. The summed E-state index contributed by atoms with van der Waals surface area (Å²) < 4.78 is 13.7. The number of hydrogen-bond acceptors (Lipinski definition) is 4. The summed E-state index contributed by atoms with van der Waals surface area (Å²) in [4.78, 5) is 2.78. The van der Waals surface area contributed by atoms with E-state index in [2.05, 4.69) is 52.5 Å². The molecule has 6 unspecified atom stereocenters. The van der Waals surface area contributed by atoms with Crippen molar-refractivity contribution in [2.24, 2.45) is 28.6 Å². The van der Waals surface area contributed by atoms with Gasteiger partial charge in [0, 0.05) is 30.7 Å². The van der Waals surface area contributed by atoms with Crippen LogP contribution in [0, 0.1) is 28.6 Å². The SMILES string of the molecule is CO[C@]12CCC(C)(CC1C(C)C(C)(C)C)C13CCN(CC4CC4)C(C)Cc4ccc(O)c(c41)OC32. The number of nitrogens with zero attached hydrogens (tertiary/aromatic N) is 1. The van der Waals surface area contributed by atoms with Gasteiger partial charge in [-0.15, -0.1) is 0 Å². The molecule has 0 amide bonds. The van der Waals surface area contributed by atoms with E-state index >= 15 is 0 Å². The Kier molecular flexibility index (Phi) is 5.25. The van der Waals surface area contributed by atoms with Gasteiger partial charge >= 0.3 is 0 Å². The molecule has 0 aromatic heterocycles. The molecule has 194 valence electrons. The van der Waals surface area contributed by atoms with Crippen molar-refractivity contribution in [3.8, 4) is 11.5 Å². The number of fused-ring (bicyclic) bond motifs is 2. The number of phenols is 1. The summed E-state index contributed by atoms with van der Waals surface area (Å²) in [5.74, 6) is 2.93. The zero-order valence-electron chi connectivity index (χ0n) is 23.1. The zero-order valence-corrected chi connectivity index (χ0v) is 23.1. The maximum atomic E-state index is 11.1. The largest absolute Gasteiger partial charge is 0.504 e. The van der Waals surface area contributed by atoms with Crippen LogP contribution < -0.4 is 4.74 Å². The fraction of sp³-hybridized carbons (Fsp3) is 0.806. The van der Waals surface area contributed by atoms with Crippen LogP contribution in [-0.2, 0) is 16.6 Å². The highest BCUT2D eigenvalue weighted by molar-refractivity contribution is 5.61. The summed E-state index contributed by atoms with van der Waals surface area (Å²) in [6, 6.07) is 4.61. The molecule has 4 nitrogen and oxygen atoms in total. The molecule has 35 heavy (non-hydrogen) atoms. The smallest absolute Gasteiger partial charge is 0.165 e. The van der Waals surface area contributed by atoms with Crippen molar-refractivity contribution >= 4 is 0 Å². The zero-order chi connectivity index (χ0) is 25.0. The molecule has 4 fully saturated rings. The average Bonchev–Trinajstić information content (AvgIpc) is 3.54. The van der Waals surface area contributed by atoms with Crippen molar-refractivity contribution in [2.45, 2.75) is 110 Å². The molecule has 1 spiro atoms. The van der Waals surface area contributed by atoms with Crippen LogP contribution in [0.25, 0.3) is 0 Å². The number of ether oxygens (including phenoxy) is 2. The second-order valence-corrected chi connectivity index (χ2v) is 14.3. The third-order valence-electron chi connectivity index (χ3n) is 11.7. The molecule has 4 saturated carbocycles. The van der Waals surface area contributed by atoms with E-state index in [4.69, 9.17) is 9.47 Å². The van der Waals surface area contributed by atoms with Crippen molar-refractivity contribution in [3.63, 3.8) is 0 Å². The molecule has 6 aliphatic rings. The lowest BCUT2D eigenvalue weighted by Gasteiger charge is -2.69. The predicted molar refractivity (Wildman–Crippen MR) is 140 cm³/mol. The number of methoxy groups -OCH3 is 1. The lowest BCUT2D eigenvalue weighted by molar-refractivity contribution is -0.260. The molecule has 2 heterocycles. The predicted octanol–water partition coefficient (Wildman–Crippen LogP) is 6.33. The maximum Gasteiger partial charge on any atom is 0.165 e. The summed E-state index contributed by atoms with van der Waals surface area (Å²) in [7, 11) is 1.93. The Morgan fingerprint density at radius 2 is 1.94 bits per heavy atom. The van der Waals surface area contributed by atoms with Crippen molar-refractivity contribution in [2.75, 3.05) is 20.2 Å². The molecular formula is C31H47NO3. The second kappa shape index (κ2) is 7.63. The Morgan fingerprint density at radius 1 is 1.20 bits per heavy atom. The Morgan fingerprint density at radius 3 is 2.60 bits per heavy atom. The first-order valence-electron chi connectivity index (χ1n) is 14.3. The van der Waals surface area contributed by atoms with Crippen LogP contribution in [0.2, 0.25) is 0 Å². The monoisotopic (exact) mass is 481 g/mol. The first-order chi connectivity index (χ1) is 16.5. The van der Waals surface area contributed by atoms with E-state index in [9.17, 15) is 5.11 Å². The molecule has 2 bridgehead atoms. The molecule has 1 N–H and O–H groups in total. The Balaban J connectivity index is 1.53. The van der Waals surface area contributed by atoms with Crippen molar-refractivity contribution in [1.29, 1.82) is 0 Å². The van der Waals surface area contributed by atoms with Gasteiger partial charge in [-0.1, -0.05) is 40.7 Å². The number of benzene rings is 1. The van der Waals surface area contributed by atoms with Gasteiger partial charge < -0.3 is 19.5 Å². The highest BCUT2D eigenvalue weighted by Crippen LogP contribution is 2.73. The normalized spacial score (nSPS) is 41.5. The van der Waals surface area contributed by atoms with E-state index in [0.29, 0.717) is 23.6 Å². The number of aromatic hydroxyl groups is 1. The molecule has 2 aliphatic heterocycles. The highest BCUT2D eigenvalue weighted by atomic mass is 16.6. The minimum absolute atomic E-state index is 0.0412. The van der Waals surface area contributed by atoms with Crippen LogP contribution >= 0.6 is 0 Å². The number of hydrogen-bond donors (Lipinski definition) is 1. The van der Waals surface area contributed by atoms with Crippen LogP contribution in [-0.4, -0.2) is 48.0 Å². The Bertz CT molecular complexity index is 1010. The first-order valence-corrected chi connectivity index (χ1v) is 14.3. The topological polar surface area (TPSA) is 41.9 Å². The first kappa shape index (κ1) is 24.1. The quantitative estimate of drug-likeness (QED) is 0.546. The van der Waals surface area contributed by atoms with Crippen LogP contribution in [0.5, 0.6) is 11.5 Å². The maximum absolute atomic E-state index is 11.1. The van der Waals surface area contributed by atoms with E-state index < -0.39 is 0 Å². The lowest BCUT2D eigenvalue weighted by atomic mass is 9.38. The fourth-order valence-corrected chi connectivity index (χ4v) is 9.04. The Hall–Kier alpha value is -1.26. The van der Waals surface area contributed by atoms with E-state index in [1.165, 1.54) is 43.4 Å². The summed E-state index contributed by atoms with van der Waals surface area (Å²) >= 11 is 0. The summed E-state index contributed by atoms with van der Waals surface area (Å²) in [5, 5.41) is 11.1. The minimum atomic E-state index is -0.320.